The van der Waals surface area contributed by atoms with Crippen molar-refractivity contribution in [3.8, 4) is 0 Å². The van der Waals surface area contributed by atoms with Crippen molar-refractivity contribution < 1.29 is 9.59 Å². The number of carbonyl (C=O) groups is 2. The summed E-state index contributed by atoms with van der Waals surface area (Å²) in [5.74, 6) is -0.309. The Hall–Kier alpha value is -1.04. The van der Waals surface area contributed by atoms with E-state index < -0.39 is 0 Å². The molecule has 1 aliphatic rings. The minimum atomic E-state index is -0.386. The second-order valence-electron chi connectivity index (χ2n) is 3.60. The number of nitrogens with zero attached hydrogens (tertiary/aromatic N) is 1. The van der Waals surface area contributed by atoms with Gasteiger partial charge in [-0.15, -0.1) is 0 Å². The SMILES string of the molecule is [B]CC(=O)N1C[C@@H](NC)C[C@H]1C(=O)NC. The molecule has 2 N–H and O–H groups in total. The molecule has 1 heterocycles. The molecule has 0 bridgehead atoms. The number of nitrogens with one attached hydrogen (secondary N) is 2. The zero-order valence-electron chi connectivity index (χ0n) is 9.12. The number of amides is 2. The van der Waals surface area contributed by atoms with E-state index in [4.69, 9.17) is 7.85 Å². The van der Waals surface area contributed by atoms with Gasteiger partial charge in [-0.1, -0.05) is 0 Å². The lowest BCUT2D eigenvalue weighted by Gasteiger charge is -2.22. The molecule has 2 radical (unpaired) electrons. The van der Waals surface area contributed by atoms with Gasteiger partial charge in [-0.25, -0.2) is 0 Å². The highest BCUT2D eigenvalue weighted by atomic mass is 16.2. The monoisotopic (exact) mass is 209 g/mol. The van der Waals surface area contributed by atoms with Gasteiger partial charge in [0.05, 0.1) is 7.85 Å². The molecule has 15 heavy (non-hydrogen) atoms. The number of likely N-dealkylation sites (tertiary alicyclic amines) is 1. The maximum absolute atomic E-state index is 11.5. The molecule has 0 spiro atoms. The van der Waals surface area contributed by atoms with Crippen LogP contribution in [0.1, 0.15) is 6.42 Å². The summed E-state index contributed by atoms with van der Waals surface area (Å²) in [6.07, 6.45) is 0.589. The van der Waals surface area contributed by atoms with Gasteiger partial charge in [-0.2, -0.15) is 0 Å². The Morgan fingerprint density at radius 3 is 2.60 bits per heavy atom. The zero-order valence-corrected chi connectivity index (χ0v) is 9.12. The average Bonchev–Trinajstić information content (AvgIpc) is 2.70. The van der Waals surface area contributed by atoms with E-state index in [2.05, 4.69) is 10.6 Å². The van der Waals surface area contributed by atoms with Gasteiger partial charge in [0.15, 0.2) is 0 Å². The Balaban J connectivity index is 2.73. The normalized spacial score (nSPS) is 25.3. The number of carbonyl (C=O) groups excluding carboxylic acids is 2. The highest BCUT2D eigenvalue weighted by Crippen LogP contribution is 2.18. The first-order chi connectivity index (χ1) is 7.13. The summed E-state index contributed by atoms with van der Waals surface area (Å²) in [7, 11) is 8.69. The van der Waals surface area contributed by atoms with Crippen LogP contribution in [-0.2, 0) is 9.59 Å². The predicted molar refractivity (Wildman–Crippen MR) is 57.6 cm³/mol. The van der Waals surface area contributed by atoms with E-state index in [1.807, 2.05) is 7.05 Å². The minimum absolute atomic E-state index is 0.0517. The molecule has 5 nitrogen and oxygen atoms in total. The van der Waals surface area contributed by atoms with Gasteiger partial charge in [0.2, 0.25) is 11.8 Å². The molecule has 0 saturated carbocycles. The second-order valence-corrected chi connectivity index (χ2v) is 3.60. The summed E-state index contributed by atoms with van der Waals surface area (Å²) in [6.45, 7) is 0.546. The largest absolute Gasteiger partial charge is 0.357 e. The van der Waals surface area contributed by atoms with Crippen LogP contribution in [0.15, 0.2) is 0 Å². The van der Waals surface area contributed by atoms with E-state index in [1.165, 1.54) is 0 Å². The first-order valence-corrected chi connectivity index (χ1v) is 5.02. The van der Waals surface area contributed by atoms with Crippen LogP contribution in [0.5, 0.6) is 0 Å². The molecular weight excluding hydrogens is 193 g/mol. The molecule has 0 aromatic heterocycles. The molecule has 1 fully saturated rings. The molecule has 0 aliphatic carbocycles. The molecule has 2 amide bonds. The third-order valence-corrected chi connectivity index (χ3v) is 2.75. The van der Waals surface area contributed by atoms with Crippen molar-refractivity contribution in [1.29, 1.82) is 0 Å². The molecule has 1 aliphatic heterocycles. The van der Waals surface area contributed by atoms with Crippen LogP contribution in [0, 0.1) is 0 Å². The van der Waals surface area contributed by atoms with E-state index in [0.717, 1.165) is 0 Å². The van der Waals surface area contributed by atoms with E-state index in [-0.39, 0.29) is 30.2 Å². The minimum Gasteiger partial charge on any atom is -0.357 e. The average molecular weight is 209 g/mol. The third kappa shape index (κ3) is 2.50. The lowest BCUT2D eigenvalue weighted by Crippen LogP contribution is -2.44. The lowest BCUT2D eigenvalue weighted by atomic mass is 10.0. The highest BCUT2D eigenvalue weighted by molar-refractivity contribution is 6.20. The number of rotatable bonds is 3. The third-order valence-electron chi connectivity index (χ3n) is 2.75. The van der Waals surface area contributed by atoms with Crippen LogP contribution in [0.25, 0.3) is 0 Å². The van der Waals surface area contributed by atoms with Crippen LogP contribution < -0.4 is 10.6 Å². The summed E-state index contributed by atoms with van der Waals surface area (Å²) < 4.78 is 0. The lowest BCUT2D eigenvalue weighted by molar-refractivity contribution is -0.136. The molecule has 0 aromatic carbocycles. The van der Waals surface area contributed by atoms with Crippen LogP contribution in [0.4, 0.5) is 0 Å². The quantitative estimate of drug-likeness (QED) is 0.556. The van der Waals surface area contributed by atoms with Gasteiger partial charge in [0.1, 0.15) is 6.04 Å². The zero-order chi connectivity index (χ0) is 11.4. The van der Waals surface area contributed by atoms with Gasteiger partial charge in [-0.05, 0) is 19.8 Å². The molecule has 1 saturated heterocycles. The van der Waals surface area contributed by atoms with E-state index >= 15 is 0 Å². The smallest absolute Gasteiger partial charge is 0.242 e. The topological polar surface area (TPSA) is 61.4 Å². The maximum Gasteiger partial charge on any atom is 0.242 e. The molecule has 0 aromatic rings. The fourth-order valence-electron chi connectivity index (χ4n) is 1.85. The summed E-state index contributed by atoms with van der Waals surface area (Å²) in [5.41, 5.74) is 0. The van der Waals surface area contributed by atoms with Crippen LogP contribution in [-0.4, -0.2) is 57.3 Å². The predicted octanol–water partition coefficient (Wildman–Crippen LogP) is -1.49. The fourth-order valence-corrected chi connectivity index (χ4v) is 1.85. The van der Waals surface area contributed by atoms with Gasteiger partial charge in [-0.3, -0.25) is 9.59 Å². The number of hydrogen-bond acceptors (Lipinski definition) is 3. The summed E-state index contributed by atoms with van der Waals surface area (Å²) in [4.78, 5) is 24.6. The molecule has 2 atom stereocenters. The Kier molecular flexibility index (Phi) is 4.14. The van der Waals surface area contributed by atoms with Crippen molar-refractivity contribution in [2.24, 2.45) is 0 Å². The first kappa shape index (κ1) is 12.0. The van der Waals surface area contributed by atoms with Gasteiger partial charge in [0.25, 0.3) is 0 Å². The van der Waals surface area contributed by atoms with Crippen molar-refractivity contribution in [3.63, 3.8) is 0 Å². The van der Waals surface area contributed by atoms with Crippen LogP contribution in [0.3, 0.4) is 0 Å². The Labute approximate surface area is 91.0 Å². The van der Waals surface area contributed by atoms with Crippen molar-refractivity contribution in [2.75, 3.05) is 20.6 Å². The highest BCUT2D eigenvalue weighted by Gasteiger charge is 2.37. The van der Waals surface area contributed by atoms with E-state index in [0.29, 0.717) is 13.0 Å². The fraction of sp³-hybridized carbons (Fsp3) is 0.778. The summed E-state index contributed by atoms with van der Waals surface area (Å²) >= 11 is 0. The van der Waals surface area contributed by atoms with Crippen molar-refractivity contribution in [1.82, 2.24) is 15.5 Å². The summed E-state index contributed by atoms with van der Waals surface area (Å²) in [5, 5.41) is 5.63. The number of hydrogen-bond donors (Lipinski definition) is 2. The Bertz CT molecular complexity index is 236. The van der Waals surface area contributed by atoms with Gasteiger partial charge in [0, 0.05) is 19.6 Å². The number of likely N-dealkylation sites (N-methyl/N-ethyl adjacent to an activating group) is 2. The van der Waals surface area contributed by atoms with Crippen LogP contribution in [0.2, 0.25) is 6.32 Å². The second kappa shape index (κ2) is 5.16. The molecule has 1 rings (SSSR count). The maximum atomic E-state index is 11.5. The van der Waals surface area contributed by atoms with Gasteiger partial charge >= 0.3 is 0 Å². The molecular formula is C9H16BN3O2. The molecule has 0 unspecified atom stereocenters. The summed E-state index contributed by atoms with van der Waals surface area (Å²) in [6, 6.07) is -0.216. The van der Waals surface area contributed by atoms with Crippen molar-refractivity contribution in [3.05, 3.63) is 0 Å². The van der Waals surface area contributed by atoms with Crippen molar-refractivity contribution in [2.45, 2.75) is 24.8 Å². The molecule has 6 heteroatoms. The molecule has 82 valence electrons. The Morgan fingerprint density at radius 1 is 1.47 bits per heavy atom. The standard InChI is InChI=1S/C9H16BN3O2/c1-11-6-3-7(9(15)12-2)13(5-6)8(14)4-10/h6-7,11H,3-5H2,1-2H3,(H,12,15)/t6-,7-/m0/s1. The first-order valence-electron chi connectivity index (χ1n) is 5.02. The van der Waals surface area contributed by atoms with Gasteiger partial charge < -0.3 is 15.5 Å². The van der Waals surface area contributed by atoms with E-state index in [1.54, 1.807) is 11.9 Å². The van der Waals surface area contributed by atoms with Crippen LogP contribution >= 0.6 is 0 Å². The Morgan fingerprint density at radius 2 is 2.13 bits per heavy atom. The van der Waals surface area contributed by atoms with E-state index in [9.17, 15) is 9.59 Å². The van der Waals surface area contributed by atoms with Crippen molar-refractivity contribution >= 4 is 19.7 Å².